The fourth-order valence-electron chi connectivity index (χ4n) is 2.57. The lowest BCUT2D eigenvalue weighted by atomic mass is 9.58. The Balaban J connectivity index is 4.87. The van der Waals surface area contributed by atoms with E-state index in [1.165, 1.54) is 6.42 Å². The molecule has 2 atom stereocenters. The van der Waals surface area contributed by atoms with Gasteiger partial charge in [0.15, 0.2) is 0 Å². The van der Waals surface area contributed by atoms with Gasteiger partial charge in [-0.05, 0) is 28.6 Å². The number of hydrogen-bond acceptors (Lipinski definition) is 0. The molecule has 0 fully saturated rings. The molecule has 0 spiro atoms. The van der Waals surface area contributed by atoms with Crippen molar-refractivity contribution in [3.8, 4) is 0 Å². The van der Waals surface area contributed by atoms with Gasteiger partial charge < -0.3 is 0 Å². The van der Waals surface area contributed by atoms with Crippen LogP contribution < -0.4 is 0 Å². The van der Waals surface area contributed by atoms with Crippen LogP contribution in [0.25, 0.3) is 0 Å². The van der Waals surface area contributed by atoms with Crippen LogP contribution in [-0.4, -0.2) is 0 Å². The van der Waals surface area contributed by atoms with E-state index < -0.39 is 0 Å². The summed E-state index contributed by atoms with van der Waals surface area (Å²) >= 11 is 0. The lowest BCUT2D eigenvalue weighted by Gasteiger charge is -2.47. The second-order valence-electron chi connectivity index (χ2n) is 6.92. The van der Waals surface area contributed by atoms with Gasteiger partial charge in [-0.25, -0.2) is 0 Å². The van der Waals surface area contributed by atoms with Gasteiger partial charge in [-0.3, -0.25) is 0 Å². The van der Waals surface area contributed by atoms with E-state index in [2.05, 4.69) is 62.3 Å². The van der Waals surface area contributed by atoms with Crippen LogP contribution in [0.1, 0.15) is 68.7 Å². The van der Waals surface area contributed by atoms with Crippen LogP contribution in [-0.2, 0) is 0 Å². The maximum Gasteiger partial charge on any atom is -0.0295 e. The highest BCUT2D eigenvalue weighted by atomic mass is 14.4. The molecule has 0 aromatic carbocycles. The summed E-state index contributed by atoms with van der Waals surface area (Å²) in [7, 11) is 0. The van der Waals surface area contributed by atoms with Gasteiger partial charge in [0, 0.05) is 0 Å². The van der Waals surface area contributed by atoms with Crippen molar-refractivity contribution in [3.63, 3.8) is 0 Å². The fourth-order valence-corrected chi connectivity index (χ4v) is 2.57. The molecule has 0 aliphatic rings. The third kappa shape index (κ3) is 3.23. The maximum atomic E-state index is 2.44. The van der Waals surface area contributed by atoms with E-state index in [0.29, 0.717) is 10.8 Å². The molecule has 0 rings (SSSR count). The predicted molar refractivity (Wildman–Crippen MR) is 71.0 cm³/mol. The molecule has 2 unspecified atom stereocenters. The third-order valence-corrected chi connectivity index (χ3v) is 5.37. The van der Waals surface area contributed by atoms with Gasteiger partial charge in [-0.15, -0.1) is 0 Å². The molecule has 0 saturated heterocycles. The highest BCUT2D eigenvalue weighted by Gasteiger charge is 2.40. The molecular formula is C15H32. The zero-order chi connectivity index (χ0) is 12.4. The van der Waals surface area contributed by atoms with Gasteiger partial charge in [-0.2, -0.15) is 0 Å². The van der Waals surface area contributed by atoms with Crippen LogP contribution in [0.5, 0.6) is 0 Å². The molecule has 0 heteroatoms. The van der Waals surface area contributed by atoms with Crippen molar-refractivity contribution in [3.05, 3.63) is 0 Å². The molecule has 0 aromatic rings. The summed E-state index contributed by atoms with van der Waals surface area (Å²) in [6.07, 6.45) is 1.27. The smallest absolute Gasteiger partial charge is 0.0295 e. The normalized spacial score (nSPS) is 18.0. The zero-order valence-electron chi connectivity index (χ0n) is 12.4. The van der Waals surface area contributed by atoms with Crippen LogP contribution >= 0.6 is 0 Å². The van der Waals surface area contributed by atoms with Gasteiger partial charge in [0.2, 0.25) is 0 Å². The molecule has 0 N–H and O–H groups in total. The standard InChI is InChI=1S/C15H32/c1-10-14(6,7)13(5)15(8,9)12(4)11(2)3/h11-13H,10H2,1-9H3. The van der Waals surface area contributed by atoms with Crippen LogP contribution in [0.2, 0.25) is 0 Å². The van der Waals surface area contributed by atoms with E-state index in [1.807, 2.05) is 0 Å². The zero-order valence-corrected chi connectivity index (χ0v) is 12.4. The second kappa shape index (κ2) is 4.89. The quantitative estimate of drug-likeness (QED) is 0.574. The largest absolute Gasteiger partial charge is 0.0649 e. The Bertz CT molecular complexity index is 186. The van der Waals surface area contributed by atoms with Crippen LogP contribution in [0.15, 0.2) is 0 Å². The molecule has 0 radical (unpaired) electrons. The van der Waals surface area contributed by atoms with E-state index in [1.54, 1.807) is 0 Å². The van der Waals surface area contributed by atoms with Crippen molar-refractivity contribution in [1.29, 1.82) is 0 Å². The summed E-state index contributed by atoms with van der Waals surface area (Å²) in [6, 6.07) is 0. The Kier molecular flexibility index (Phi) is 4.89. The summed E-state index contributed by atoms with van der Waals surface area (Å²) in [4.78, 5) is 0. The minimum atomic E-state index is 0.424. The Morgan fingerprint density at radius 2 is 1.27 bits per heavy atom. The van der Waals surface area contributed by atoms with Gasteiger partial charge in [-0.1, -0.05) is 68.7 Å². The Morgan fingerprint density at radius 1 is 0.867 bits per heavy atom. The highest BCUT2D eigenvalue weighted by molar-refractivity contribution is 4.89. The summed E-state index contributed by atoms with van der Waals surface area (Å²) in [5, 5.41) is 0. The number of hydrogen-bond donors (Lipinski definition) is 0. The maximum absolute atomic E-state index is 2.44. The Morgan fingerprint density at radius 3 is 1.53 bits per heavy atom. The van der Waals surface area contributed by atoms with Crippen LogP contribution in [0.4, 0.5) is 0 Å². The van der Waals surface area contributed by atoms with E-state index in [4.69, 9.17) is 0 Å². The minimum absolute atomic E-state index is 0.424. The van der Waals surface area contributed by atoms with E-state index in [-0.39, 0.29) is 0 Å². The average Bonchev–Trinajstić information content (AvgIpc) is 2.15. The Labute approximate surface area is 97.8 Å². The molecule has 0 amide bonds. The van der Waals surface area contributed by atoms with E-state index in [9.17, 15) is 0 Å². The first-order valence-electron chi connectivity index (χ1n) is 6.57. The second-order valence-corrected chi connectivity index (χ2v) is 6.92. The molecule has 92 valence electrons. The molecule has 0 aliphatic heterocycles. The Hall–Kier alpha value is 0. The highest BCUT2D eigenvalue weighted by Crippen LogP contribution is 2.48. The van der Waals surface area contributed by atoms with E-state index in [0.717, 1.165) is 17.8 Å². The van der Waals surface area contributed by atoms with Crippen molar-refractivity contribution in [2.24, 2.45) is 28.6 Å². The van der Waals surface area contributed by atoms with Crippen molar-refractivity contribution < 1.29 is 0 Å². The first-order chi connectivity index (χ1) is 6.57. The fraction of sp³-hybridized carbons (Fsp3) is 1.00. The lowest BCUT2D eigenvalue weighted by molar-refractivity contribution is 0.0207. The predicted octanol–water partition coefficient (Wildman–Crippen LogP) is 5.38. The van der Waals surface area contributed by atoms with Crippen LogP contribution in [0.3, 0.4) is 0 Å². The first-order valence-corrected chi connectivity index (χ1v) is 6.57. The molecule has 0 heterocycles. The monoisotopic (exact) mass is 212 g/mol. The summed E-state index contributed by atoms with van der Waals surface area (Å²) in [5.74, 6) is 2.31. The van der Waals surface area contributed by atoms with Crippen molar-refractivity contribution in [1.82, 2.24) is 0 Å². The molecule has 0 nitrogen and oxygen atoms in total. The van der Waals surface area contributed by atoms with Crippen LogP contribution in [0, 0.1) is 28.6 Å². The molecule has 15 heavy (non-hydrogen) atoms. The molecule has 0 aromatic heterocycles. The van der Waals surface area contributed by atoms with Crippen molar-refractivity contribution >= 4 is 0 Å². The summed E-state index contributed by atoms with van der Waals surface area (Å²) < 4.78 is 0. The van der Waals surface area contributed by atoms with Gasteiger partial charge >= 0.3 is 0 Å². The topological polar surface area (TPSA) is 0 Å². The van der Waals surface area contributed by atoms with Crippen molar-refractivity contribution in [2.45, 2.75) is 68.7 Å². The SMILES string of the molecule is CCC(C)(C)C(C)C(C)(C)C(C)C(C)C. The molecule has 0 aliphatic carbocycles. The number of rotatable bonds is 5. The minimum Gasteiger partial charge on any atom is -0.0649 e. The van der Waals surface area contributed by atoms with Gasteiger partial charge in [0.25, 0.3) is 0 Å². The first kappa shape index (κ1) is 15.0. The molecular weight excluding hydrogens is 180 g/mol. The summed E-state index contributed by atoms with van der Waals surface area (Å²) in [5.41, 5.74) is 0.875. The lowest BCUT2D eigenvalue weighted by Crippen LogP contribution is -2.40. The van der Waals surface area contributed by atoms with Gasteiger partial charge in [0.05, 0.1) is 0 Å². The van der Waals surface area contributed by atoms with E-state index >= 15 is 0 Å². The van der Waals surface area contributed by atoms with Gasteiger partial charge in [0.1, 0.15) is 0 Å². The molecule has 0 saturated carbocycles. The average molecular weight is 212 g/mol. The molecule has 0 bridgehead atoms. The summed E-state index contributed by atoms with van der Waals surface area (Å²) in [6.45, 7) is 21.6. The third-order valence-electron chi connectivity index (χ3n) is 5.37. The van der Waals surface area contributed by atoms with Crippen molar-refractivity contribution in [2.75, 3.05) is 0 Å².